The van der Waals surface area contributed by atoms with Crippen LogP contribution >= 0.6 is 0 Å². The number of anilines is 1. The van der Waals surface area contributed by atoms with Gasteiger partial charge in [0.15, 0.2) is 0 Å². The van der Waals surface area contributed by atoms with E-state index in [0.717, 1.165) is 12.8 Å². The predicted octanol–water partition coefficient (Wildman–Crippen LogP) is 1.75. The van der Waals surface area contributed by atoms with Crippen LogP contribution in [0.15, 0.2) is 6.33 Å². The van der Waals surface area contributed by atoms with Crippen LogP contribution in [-0.2, 0) is 0 Å². The van der Waals surface area contributed by atoms with Gasteiger partial charge in [-0.3, -0.25) is 10.1 Å². The lowest BCUT2D eigenvalue weighted by atomic mass is 9.79. The molecule has 1 aromatic heterocycles. The minimum absolute atomic E-state index is 0.0681. The van der Waals surface area contributed by atoms with Crippen molar-refractivity contribution in [1.82, 2.24) is 9.97 Å². The number of nitrogens with one attached hydrogen (secondary N) is 1. The van der Waals surface area contributed by atoms with Crippen molar-refractivity contribution in [3.63, 3.8) is 0 Å². The van der Waals surface area contributed by atoms with E-state index in [0.29, 0.717) is 18.8 Å². The average Bonchev–Trinajstić information content (AvgIpc) is 2.44. The van der Waals surface area contributed by atoms with E-state index in [-0.39, 0.29) is 23.9 Å². The first-order valence-corrected chi connectivity index (χ1v) is 6.95. The lowest BCUT2D eigenvalue weighted by Gasteiger charge is -2.35. The molecule has 1 fully saturated rings. The third-order valence-electron chi connectivity index (χ3n) is 3.82. The summed E-state index contributed by atoms with van der Waals surface area (Å²) in [5, 5.41) is 24.6. The van der Waals surface area contributed by atoms with Crippen molar-refractivity contribution in [3.05, 3.63) is 16.4 Å². The smallest absolute Gasteiger partial charge is 0.372 e. The van der Waals surface area contributed by atoms with E-state index < -0.39 is 10.5 Å². The molecule has 8 nitrogen and oxygen atoms in total. The molecule has 2 rings (SSSR count). The minimum Gasteiger partial charge on any atom is -0.476 e. The van der Waals surface area contributed by atoms with Gasteiger partial charge in [0.2, 0.25) is 5.82 Å². The van der Waals surface area contributed by atoms with E-state index in [4.69, 9.17) is 4.74 Å². The zero-order valence-corrected chi connectivity index (χ0v) is 12.2. The van der Waals surface area contributed by atoms with Gasteiger partial charge in [-0.25, -0.2) is 4.98 Å². The summed E-state index contributed by atoms with van der Waals surface area (Å²) >= 11 is 0. The van der Waals surface area contributed by atoms with E-state index in [1.807, 2.05) is 0 Å². The second-order valence-electron chi connectivity index (χ2n) is 5.62. The Bertz CT molecular complexity index is 525. The summed E-state index contributed by atoms with van der Waals surface area (Å²) in [6.07, 6.45) is 4.61. The molecule has 2 atom stereocenters. The number of hydrogen-bond acceptors (Lipinski definition) is 7. The van der Waals surface area contributed by atoms with Gasteiger partial charge in [-0.05, 0) is 18.8 Å². The third-order valence-corrected chi connectivity index (χ3v) is 3.82. The Morgan fingerprint density at radius 2 is 2.38 bits per heavy atom. The molecule has 1 aliphatic carbocycles. The van der Waals surface area contributed by atoms with Crippen LogP contribution in [0, 0.1) is 16.0 Å². The number of methoxy groups -OCH3 is 1. The van der Waals surface area contributed by atoms with Crippen LogP contribution in [-0.4, -0.2) is 39.3 Å². The molecular formula is C13H20N4O4. The first kappa shape index (κ1) is 15.4. The fourth-order valence-corrected chi connectivity index (χ4v) is 2.85. The Morgan fingerprint density at radius 1 is 1.62 bits per heavy atom. The van der Waals surface area contributed by atoms with Crippen molar-refractivity contribution in [2.24, 2.45) is 5.92 Å². The normalized spacial score (nSPS) is 25.4. The largest absolute Gasteiger partial charge is 0.476 e. The fourth-order valence-electron chi connectivity index (χ4n) is 2.85. The van der Waals surface area contributed by atoms with Gasteiger partial charge in [0.25, 0.3) is 5.88 Å². The molecule has 0 aromatic carbocycles. The van der Waals surface area contributed by atoms with Crippen molar-refractivity contribution in [3.8, 4) is 5.88 Å². The number of aromatic nitrogens is 2. The highest BCUT2D eigenvalue weighted by Gasteiger charge is 2.33. The van der Waals surface area contributed by atoms with Crippen LogP contribution in [0.5, 0.6) is 5.88 Å². The summed E-state index contributed by atoms with van der Waals surface area (Å²) in [4.78, 5) is 18.2. The number of nitrogens with zero attached hydrogens (tertiary/aromatic N) is 3. The second kappa shape index (κ2) is 6.21. The van der Waals surface area contributed by atoms with Crippen LogP contribution < -0.4 is 10.1 Å². The van der Waals surface area contributed by atoms with Gasteiger partial charge in [-0.1, -0.05) is 19.8 Å². The molecule has 8 heteroatoms. The summed E-state index contributed by atoms with van der Waals surface area (Å²) < 4.78 is 4.89. The first-order valence-electron chi connectivity index (χ1n) is 6.95. The molecule has 1 aliphatic rings. The van der Waals surface area contributed by atoms with Crippen molar-refractivity contribution in [2.75, 3.05) is 19.0 Å². The number of nitro groups is 1. The van der Waals surface area contributed by atoms with Gasteiger partial charge in [0.05, 0.1) is 17.6 Å². The van der Waals surface area contributed by atoms with Gasteiger partial charge in [-0.2, -0.15) is 4.98 Å². The van der Waals surface area contributed by atoms with Gasteiger partial charge in [-0.15, -0.1) is 0 Å². The Hall–Kier alpha value is -1.96. The number of hydrogen-bond donors (Lipinski definition) is 2. The molecule has 0 amide bonds. The molecule has 0 spiro atoms. The molecular weight excluding hydrogens is 276 g/mol. The average molecular weight is 296 g/mol. The Kier molecular flexibility index (Phi) is 4.56. The maximum absolute atomic E-state index is 11.1. The lowest BCUT2D eigenvalue weighted by molar-refractivity contribution is -0.385. The standard InChI is InChI=1S/C13H20N4O4/c1-9-4-3-5-13(18,6-9)7-14-11-10(17(19)20)12(21-2)16-8-15-11/h8-9,18H,3-7H2,1-2H3,(H,14,15,16). The lowest BCUT2D eigenvalue weighted by Crippen LogP contribution is -2.41. The van der Waals surface area contributed by atoms with Crippen LogP contribution in [0.2, 0.25) is 0 Å². The van der Waals surface area contributed by atoms with Gasteiger partial charge >= 0.3 is 5.69 Å². The molecule has 0 radical (unpaired) electrons. The summed E-state index contributed by atoms with van der Waals surface area (Å²) in [6, 6.07) is 0. The zero-order chi connectivity index (χ0) is 15.5. The maximum atomic E-state index is 11.1. The van der Waals surface area contributed by atoms with E-state index >= 15 is 0 Å². The number of rotatable bonds is 5. The van der Waals surface area contributed by atoms with Gasteiger partial charge in [0.1, 0.15) is 6.33 Å². The highest BCUT2D eigenvalue weighted by atomic mass is 16.6. The molecule has 116 valence electrons. The van der Waals surface area contributed by atoms with Crippen LogP contribution in [0.25, 0.3) is 0 Å². The van der Waals surface area contributed by atoms with Crippen LogP contribution in [0.1, 0.15) is 32.6 Å². The molecule has 0 bridgehead atoms. The highest BCUT2D eigenvalue weighted by molar-refractivity contribution is 5.61. The van der Waals surface area contributed by atoms with Crippen molar-refractivity contribution >= 4 is 11.5 Å². The van der Waals surface area contributed by atoms with Gasteiger partial charge < -0.3 is 15.2 Å². The van der Waals surface area contributed by atoms with E-state index in [1.165, 1.54) is 13.4 Å². The molecule has 1 heterocycles. The van der Waals surface area contributed by atoms with E-state index in [2.05, 4.69) is 22.2 Å². The third kappa shape index (κ3) is 3.57. The predicted molar refractivity (Wildman–Crippen MR) is 76.3 cm³/mol. The van der Waals surface area contributed by atoms with Gasteiger partial charge in [0, 0.05) is 6.54 Å². The number of aliphatic hydroxyl groups is 1. The summed E-state index contributed by atoms with van der Waals surface area (Å²) in [5.41, 5.74) is -1.17. The Labute approximate surface area is 122 Å². The van der Waals surface area contributed by atoms with E-state index in [1.54, 1.807) is 0 Å². The molecule has 2 N–H and O–H groups in total. The molecule has 0 aliphatic heterocycles. The zero-order valence-electron chi connectivity index (χ0n) is 12.2. The summed E-state index contributed by atoms with van der Waals surface area (Å²) in [5.74, 6) is 0.417. The molecule has 21 heavy (non-hydrogen) atoms. The highest BCUT2D eigenvalue weighted by Crippen LogP contribution is 2.34. The van der Waals surface area contributed by atoms with Crippen molar-refractivity contribution < 1.29 is 14.8 Å². The minimum atomic E-state index is -0.857. The molecule has 2 unspecified atom stereocenters. The van der Waals surface area contributed by atoms with Crippen LogP contribution in [0.3, 0.4) is 0 Å². The summed E-state index contributed by atoms with van der Waals surface area (Å²) in [7, 11) is 1.31. The fraction of sp³-hybridized carbons (Fsp3) is 0.692. The van der Waals surface area contributed by atoms with E-state index in [9.17, 15) is 15.2 Å². The number of ether oxygens (including phenoxy) is 1. The molecule has 1 saturated carbocycles. The van der Waals surface area contributed by atoms with Crippen molar-refractivity contribution in [1.29, 1.82) is 0 Å². The second-order valence-corrected chi connectivity index (χ2v) is 5.62. The topological polar surface area (TPSA) is 110 Å². The first-order chi connectivity index (χ1) is 9.95. The Balaban J connectivity index is 2.14. The molecule has 0 saturated heterocycles. The SMILES string of the molecule is COc1ncnc(NCC2(O)CCCC(C)C2)c1[N+](=O)[O-]. The van der Waals surface area contributed by atoms with Crippen LogP contribution in [0.4, 0.5) is 11.5 Å². The quantitative estimate of drug-likeness (QED) is 0.629. The Morgan fingerprint density at radius 3 is 3.00 bits per heavy atom. The van der Waals surface area contributed by atoms with Crippen molar-refractivity contribution in [2.45, 2.75) is 38.2 Å². The maximum Gasteiger partial charge on any atom is 0.372 e. The monoisotopic (exact) mass is 296 g/mol. The molecule has 1 aromatic rings. The summed E-state index contributed by atoms with van der Waals surface area (Å²) in [6.45, 7) is 2.32.